The molecular formula is C14H19NO. The molecule has 0 aliphatic heterocycles. The predicted octanol–water partition coefficient (Wildman–Crippen LogP) is 3.64. The largest absolute Gasteiger partial charge is 0.411 e. The summed E-state index contributed by atoms with van der Waals surface area (Å²) in [6, 6.07) is 10.3. The Hall–Kier alpha value is -1.31. The highest BCUT2D eigenvalue weighted by Crippen LogP contribution is 2.26. The van der Waals surface area contributed by atoms with Gasteiger partial charge in [-0.1, -0.05) is 54.8 Å². The van der Waals surface area contributed by atoms with E-state index < -0.39 is 0 Å². The molecule has 1 aromatic rings. The number of rotatable bonds is 3. The van der Waals surface area contributed by atoms with Crippen LogP contribution in [0, 0.1) is 5.92 Å². The Labute approximate surface area is 97.0 Å². The molecule has 0 heterocycles. The van der Waals surface area contributed by atoms with Crippen molar-refractivity contribution in [1.29, 1.82) is 0 Å². The maximum absolute atomic E-state index is 9.13. The fourth-order valence-corrected chi connectivity index (χ4v) is 2.50. The first-order valence-electron chi connectivity index (χ1n) is 6.15. The Morgan fingerprint density at radius 1 is 1.12 bits per heavy atom. The van der Waals surface area contributed by atoms with E-state index in [0.717, 1.165) is 12.1 Å². The van der Waals surface area contributed by atoms with E-state index in [4.69, 9.17) is 5.21 Å². The number of oxime groups is 1. The normalized spacial score (nSPS) is 18.6. The van der Waals surface area contributed by atoms with Gasteiger partial charge in [-0.25, -0.2) is 0 Å². The summed E-state index contributed by atoms with van der Waals surface area (Å²) < 4.78 is 0. The standard InChI is InChI=1S/C14H19NO/c16-15-14(13-9-5-2-6-10-13)11-12-7-3-1-4-8-12/h1,3-4,7-8,13,16H,2,5-6,9-11H2. The van der Waals surface area contributed by atoms with E-state index in [2.05, 4.69) is 17.3 Å². The Kier molecular flexibility index (Phi) is 3.97. The van der Waals surface area contributed by atoms with Gasteiger partial charge < -0.3 is 5.21 Å². The molecule has 1 aromatic carbocycles. The molecule has 16 heavy (non-hydrogen) atoms. The Morgan fingerprint density at radius 3 is 2.44 bits per heavy atom. The summed E-state index contributed by atoms with van der Waals surface area (Å²) in [7, 11) is 0. The molecule has 2 heteroatoms. The van der Waals surface area contributed by atoms with Gasteiger partial charge in [0, 0.05) is 12.3 Å². The van der Waals surface area contributed by atoms with Crippen LogP contribution in [0.3, 0.4) is 0 Å². The average molecular weight is 217 g/mol. The first-order valence-corrected chi connectivity index (χ1v) is 6.15. The SMILES string of the molecule is ON=C(Cc1ccccc1)C1CCCCC1. The van der Waals surface area contributed by atoms with Gasteiger partial charge in [0.25, 0.3) is 0 Å². The maximum atomic E-state index is 9.13. The minimum Gasteiger partial charge on any atom is -0.411 e. The molecule has 86 valence electrons. The highest BCUT2D eigenvalue weighted by atomic mass is 16.4. The molecule has 1 aliphatic rings. The van der Waals surface area contributed by atoms with Crippen molar-refractivity contribution >= 4 is 5.71 Å². The summed E-state index contributed by atoms with van der Waals surface area (Å²) >= 11 is 0. The van der Waals surface area contributed by atoms with Gasteiger partial charge in [-0.05, 0) is 18.4 Å². The van der Waals surface area contributed by atoms with Gasteiger partial charge >= 0.3 is 0 Å². The quantitative estimate of drug-likeness (QED) is 0.468. The van der Waals surface area contributed by atoms with E-state index in [-0.39, 0.29) is 0 Å². The third-order valence-electron chi connectivity index (χ3n) is 3.43. The lowest BCUT2D eigenvalue weighted by molar-refractivity contribution is 0.308. The summed E-state index contributed by atoms with van der Waals surface area (Å²) in [5.74, 6) is 0.499. The average Bonchev–Trinajstić information content (AvgIpc) is 2.38. The zero-order valence-corrected chi connectivity index (χ0v) is 9.60. The first kappa shape index (κ1) is 11.2. The van der Waals surface area contributed by atoms with E-state index in [0.29, 0.717) is 5.92 Å². The van der Waals surface area contributed by atoms with Crippen molar-refractivity contribution < 1.29 is 5.21 Å². The zero-order valence-electron chi connectivity index (χ0n) is 9.60. The van der Waals surface area contributed by atoms with Crippen LogP contribution in [0.5, 0.6) is 0 Å². The third-order valence-corrected chi connectivity index (χ3v) is 3.43. The lowest BCUT2D eigenvalue weighted by atomic mass is 9.84. The number of hydrogen-bond donors (Lipinski definition) is 1. The van der Waals surface area contributed by atoms with Crippen molar-refractivity contribution in [2.45, 2.75) is 38.5 Å². The second-order valence-electron chi connectivity index (χ2n) is 4.59. The van der Waals surface area contributed by atoms with Gasteiger partial charge in [0.1, 0.15) is 0 Å². The van der Waals surface area contributed by atoms with Crippen LogP contribution in [0.25, 0.3) is 0 Å². The second-order valence-corrected chi connectivity index (χ2v) is 4.59. The van der Waals surface area contributed by atoms with Crippen LogP contribution in [0.2, 0.25) is 0 Å². The van der Waals surface area contributed by atoms with Gasteiger partial charge in [0.05, 0.1) is 5.71 Å². The molecule has 0 radical (unpaired) electrons. The highest BCUT2D eigenvalue weighted by molar-refractivity contribution is 5.88. The number of benzene rings is 1. The summed E-state index contributed by atoms with van der Waals surface area (Å²) in [5.41, 5.74) is 2.20. The molecule has 0 amide bonds. The second kappa shape index (κ2) is 5.69. The molecule has 0 spiro atoms. The number of nitrogens with zero attached hydrogens (tertiary/aromatic N) is 1. The van der Waals surface area contributed by atoms with Crippen LogP contribution in [0.4, 0.5) is 0 Å². The van der Waals surface area contributed by atoms with Crippen LogP contribution < -0.4 is 0 Å². The minimum absolute atomic E-state index is 0.499. The van der Waals surface area contributed by atoms with Crippen molar-refractivity contribution in [2.75, 3.05) is 0 Å². The van der Waals surface area contributed by atoms with Crippen LogP contribution in [-0.2, 0) is 6.42 Å². The fraction of sp³-hybridized carbons (Fsp3) is 0.500. The lowest BCUT2D eigenvalue weighted by Gasteiger charge is -2.22. The smallest absolute Gasteiger partial charge is 0.0645 e. The summed E-state index contributed by atoms with van der Waals surface area (Å²) in [4.78, 5) is 0. The van der Waals surface area contributed by atoms with Crippen LogP contribution in [0.15, 0.2) is 35.5 Å². The van der Waals surface area contributed by atoms with E-state index >= 15 is 0 Å². The van der Waals surface area contributed by atoms with Crippen molar-refractivity contribution in [3.63, 3.8) is 0 Å². The monoisotopic (exact) mass is 217 g/mol. The van der Waals surface area contributed by atoms with Gasteiger partial charge in [-0.2, -0.15) is 0 Å². The van der Waals surface area contributed by atoms with Crippen molar-refractivity contribution in [3.8, 4) is 0 Å². The third kappa shape index (κ3) is 2.84. The topological polar surface area (TPSA) is 32.6 Å². The molecule has 0 bridgehead atoms. The maximum Gasteiger partial charge on any atom is 0.0645 e. The van der Waals surface area contributed by atoms with Crippen LogP contribution >= 0.6 is 0 Å². The summed E-state index contributed by atoms with van der Waals surface area (Å²) in [6.07, 6.45) is 7.05. The van der Waals surface area contributed by atoms with Crippen molar-refractivity contribution in [3.05, 3.63) is 35.9 Å². The van der Waals surface area contributed by atoms with E-state index in [1.807, 2.05) is 18.2 Å². The number of hydrogen-bond acceptors (Lipinski definition) is 2. The molecule has 1 fully saturated rings. The van der Waals surface area contributed by atoms with Crippen LogP contribution in [0.1, 0.15) is 37.7 Å². The molecular weight excluding hydrogens is 198 g/mol. The van der Waals surface area contributed by atoms with E-state index in [9.17, 15) is 0 Å². The fourth-order valence-electron chi connectivity index (χ4n) is 2.50. The molecule has 0 aromatic heterocycles. The molecule has 1 aliphatic carbocycles. The van der Waals surface area contributed by atoms with Crippen molar-refractivity contribution in [2.24, 2.45) is 11.1 Å². The summed E-state index contributed by atoms with van der Waals surface area (Å²) in [6.45, 7) is 0. The van der Waals surface area contributed by atoms with Gasteiger partial charge in [0.15, 0.2) is 0 Å². The molecule has 0 unspecified atom stereocenters. The Balaban J connectivity index is 2.00. The molecule has 0 atom stereocenters. The lowest BCUT2D eigenvalue weighted by Crippen LogP contribution is -2.20. The minimum atomic E-state index is 0.499. The van der Waals surface area contributed by atoms with E-state index in [1.165, 1.54) is 37.7 Å². The summed E-state index contributed by atoms with van der Waals surface area (Å²) in [5, 5.41) is 12.7. The van der Waals surface area contributed by atoms with Crippen LogP contribution in [-0.4, -0.2) is 10.9 Å². The van der Waals surface area contributed by atoms with E-state index in [1.54, 1.807) is 0 Å². The van der Waals surface area contributed by atoms with Crippen molar-refractivity contribution in [1.82, 2.24) is 0 Å². The Bertz CT molecular complexity index is 339. The molecule has 0 saturated heterocycles. The predicted molar refractivity (Wildman–Crippen MR) is 65.9 cm³/mol. The first-order chi connectivity index (χ1) is 7.90. The Morgan fingerprint density at radius 2 is 1.81 bits per heavy atom. The zero-order chi connectivity index (χ0) is 11.2. The molecule has 2 nitrogen and oxygen atoms in total. The molecule has 1 N–H and O–H groups in total. The highest BCUT2D eigenvalue weighted by Gasteiger charge is 2.19. The van der Waals surface area contributed by atoms with Gasteiger partial charge in [-0.3, -0.25) is 0 Å². The molecule has 1 saturated carbocycles. The molecule has 2 rings (SSSR count). The van der Waals surface area contributed by atoms with Gasteiger partial charge in [-0.15, -0.1) is 0 Å². The van der Waals surface area contributed by atoms with Gasteiger partial charge in [0.2, 0.25) is 0 Å².